The van der Waals surface area contributed by atoms with Gasteiger partial charge in [-0.2, -0.15) is 0 Å². The van der Waals surface area contributed by atoms with E-state index >= 15 is 0 Å². The highest BCUT2D eigenvalue weighted by Gasteiger charge is 2.66. The summed E-state index contributed by atoms with van der Waals surface area (Å²) >= 11 is 0. The van der Waals surface area contributed by atoms with Crippen molar-refractivity contribution in [2.45, 2.75) is 31.1 Å². The van der Waals surface area contributed by atoms with Crippen LogP contribution < -0.4 is 4.90 Å². The summed E-state index contributed by atoms with van der Waals surface area (Å²) in [6.07, 6.45) is 5.53. The number of benzene rings is 9. The van der Waals surface area contributed by atoms with Gasteiger partial charge >= 0.3 is 0 Å². The zero-order valence-corrected chi connectivity index (χ0v) is 35.2. The number of nitrogens with zero attached hydrogens (tertiary/aromatic N) is 2. The van der Waals surface area contributed by atoms with E-state index < -0.39 is 0 Å². The minimum Gasteiger partial charge on any atom is -0.311 e. The van der Waals surface area contributed by atoms with Crippen LogP contribution in [0.3, 0.4) is 0 Å². The van der Waals surface area contributed by atoms with Gasteiger partial charge in [0.05, 0.1) is 11.0 Å². The first-order chi connectivity index (χ1) is 31.2. The Balaban J connectivity index is 0.850. The van der Waals surface area contributed by atoms with Gasteiger partial charge in [0, 0.05) is 38.9 Å². The molecule has 4 bridgehead atoms. The Labute approximate surface area is 368 Å². The van der Waals surface area contributed by atoms with Gasteiger partial charge in [0.2, 0.25) is 0 Å². The van der Waals surface area contributed by atoms with Crippen molar-refractivity contribution in [3.63, 3.8) is 0 Å². The maximum atomic E-state index is 2.63. The number of rotatable bonds is 6. The molecule has 0 aliphatic heterocycles. The fourth-order valence-corrected chi connectivity index (χ4v) is 13.5. The Morgan fingerprint density at radius 3 is 1.67 bits per heavy atom. The standard InChI is InChI=1S/C61H46N2/c1-2-12-48(13-3-1)62(49-25-20-41(21-26-49)44-19-18-40-10-4-5-11-43(40)35-44)50-27-22-42(23-28-50)45-24-30-52-53-31-29-51(63-59-16-8-6-14-54(59)55-15-7-9-17-60(55)63)38-58(53)61(57(52)37-45)47-33-39-32-46(36-47)56(61)34-39/h1-31,35,37-39,46-47,56H,32-34,36H2. The summed E-state index contributed by atoms with van der Waals surface area (Å²) in [5, 5.41) is 5.18. The smallest absolute Gasteiger partial charge is 0.0541 e. The molecule has 0 radical (unpaired) electrons. The van der Waals surface area contributed by atoms with Crippen LogP contribution in [-0.2, 0) is 5.41 Å². The Kier molecular flexibility index (Phi) is 7.55. The fourth-order valence-electron chi connectivity index (χ4n) is 13.5. The lowest BCUT2D eigenvalue weighted by Crippen LogP contribution is -2.40. The van der Waals surface area contributed by atoms with E-state index in [1.54, 1.807) is 11.1 Å². The molecular weight excluding hydrogens is 761 g/mol. The van der Waals surface area contributed by atoms with Crippen molar-refractivity contribution < 1.29 is 0 Å². The number of fused-ring (bicyclic) bond motifs is 7. The molecule has 15 rings (SSSR count). The number of hydrogen-bond acceptors (Lipinski definition) is 1. The van der Waals surface area contributed by atoms with Crippen LogP contribution in [0.1, 0.15) is 36.8 Å². The molecule has 0 N–H and O–H groups in total. The molecule has 2 nitrogen and oxygen atoms in total. The molecule has 4 saturated carbocycles. The van der Waals surface area contributed by atoms with Crippen molar-refractivity contribution in [3.8, 4) is 39.1 Å². The van der Waals surface area contributed by atoms with Crippen molar-refractivity contribution in [2.75, 3.05) is 4.90 Å². The summed E-state index contributed by atoms with van der Waals surface area (Å²) < 4.78 is 2.53. The quantitative estimate of drug-likeness (QED) is 0.162. The molecule has 5 unspecified atom stereocenters. The van der Waals surface area contributed by atoms with Crippen LogP contribution >= 0.6 is 0 Å². The second-order valence-electron chi connectivity index (χ2n) is 18.9. The third-order valence-corrected chi connectivity index (χ3v) is 16.0. The van der Waals surface area contributed by atoms with Crippen molar-refractivity contribution in [1.29, 1.82) is 0 Å². The van der Waals surface area contributed by atoms with Crippen molar-refractivity contribution in [3.05, 3.63) is 217 Å². The van der Waals surface area contributed by atoms with Crippen LogP contribution in [0.15, 0.2) is 206 Å². The second kappa shape index (κ2) is 13.4. The normalized spacial score (nSPS) is 21.5. The SMILES string of the molecule is c1ccc(N(c2ccc(-c3ccc4c(c3)C3(c5cc(-n6c7ccccc7c7ccccc76)ccc5-4)C4CC5CC(C4)C3C5)cc2)c2ccc(-c3ccc4ccccc4c3)cc2)cc1. The molecule has 300 valence electrons. The van der Waals surface area contributed by atoms with E-state index in [-0.39, 0.29) is 5.41 Å². The van der Waals surface area contributed by atoms with Crippen LogP contribution in [0.2, 0.25) is 0 Å². The van der Waals surface area contributed by atoms with Gasteiger partial charge in [0.25, 0.3) is 0 Å². The van der Waals surface area contributed by atoms with E-state index in [2.05, 4.69) is 216 Å². The average Bonchev–Trinajstić information content (AvgIpc) is 4.01. The maximum absolute atomic E-state index is 2.63. The molecule has 5 aliphatic carbocycles. The van der Waals surface area contributed by atoms with E-state index in [4.69, 9.17) is 0 Å². The third-order valence-electron chi connectivity index (χ3n) is 16.0. The summed E-state index contributed by atoms with van der Waals surface area (Å²) in [7, 11) is 0. The summed E-state index contributed by atoms with van der Waals surface area (Å²) in [6.45, 7) is 0. The van der Waals surface area contributed by atoms with Crippen LogP contribution in [0.5, 0.6) is 0 Å². The van der Waals surface area contributed by atoms with Crippen LogP contribution in [-0.4, -0.2) is 4.57 Å². The first-order valence-electron chi connectivity index (χ1n) is 23.0. The van der Waals surface area contributed by atoms with Crippen LogP contribution in [0.4, 0.5) is 17.1 Å². The van der Waals surface area contributed by atoms with Gasteiger partial charge in [0.15, 0.2) is 0 Å². The van der Waals surface area contributed by atoms with Crippen molar-refractivity contribution >= 4 is 49.6 Å². The minimum atomic E-state index is 0.0656. The van der Waals surface area contributed by atoms with Crippen molar-refractivity contribution in [2.24, 2.45) is 23.7 Å². The molecule has 0 saturated heterocycles. The molecule has 5 atom stereocenters. The molecular formula is C61H46N2. The maximum Gasteiger partial charge on any atom is 0.0541 e. The Morgan fingerprint density at radius 2 is 0.968 bits per heavy atom. The van der Waals surface area contributed by atoms with Crippen LogP contribution in [0, 0.1) is 23.7 Å². The predicted octanol–water partition coefficient (Wildman–Crippen LogP) is 16.1. The Bertz CT molecular complexity index is 3370. The predicted molar refractivity (Wildman–Crippen MR) is 262 cm³/mol. The van der Waals surface area contributed by atoms with E-state index in [0.717, 1.165) is 28.9 Å². The summed E-state index contributed by atoms with van der Waals surface area (Å²) in [4.78, 5) is 2.38. The third kappa shape index (κ3) is 5.13. The van der Waals surface area contributed by atoms with E-state index in [1.165, 1.54) is 97.3 Å². The Morgan fingerprint density at radius 1 is 0.413 bits per heavy atom. The van der Waals surface area contributed by atoms with Gasteiger partial charge in [-0.1, -0.05) is 133 Å². The van der Waals surface area contributed by atoms with Gasteiger partial charge in [0.1, 0.15) is 0 Å². The second-order valence-corrected chi connectivity index (χ2v) is 18.9. The lowest BCUT2D eigenvalue weighted by molar-refractivity contribution is 0.191. The number of aromatic nitrogens is 1. The average molecular weight is 807 g/mol. The lowest BCUT2D eigenvalue weighted by atomic mass is 9.59. The highest BCUT2D eigenvalue weighted by molar-refractivity contribution is 6.09. The molecule has 4 fully saturated rings. The minimum absolute atomic E-state index is 0.0656. The van der Waals surface area contributed by atoms with Gasteiger partial charge in [-0.05, 0) is 177 Å². The largest absolute Gasteiger partial charge is 0.311 e. The van der Waals surface area contributed by atoms with E-state index in [1.807, 2.05) is 0 Å². The van der Waals surface area contributed by atoms with E-state index in [9.17, 15) is 0 Å². The molecule has 2 heteroatoms. The first kappa shape index (κ1) is 35.4. The lowest BCUT2D eigenvalue weighted by Gasteiger charge is -2.44. The fraction of sp³-hybridized carbons (Fsp3) is 0.148. The highest BCUT2D eigenvalue weighted by Crippen LogP contribution is 2.73. The van der Waals surface area contributed by atoms with E-state index in [0.29, 0.717) is 11.8 Å². The molecule has 0 amide bonds. The zero-order chi connectivity index (χ0) is 41.2. The molecule has 10 aromatic rings. The summed E-state index contributed by atoms with van der Waals surface area (Å²) in [6, 6.07) is 77.4. The molecule has 1 spiro atoms. The topological polar surface area (TPSA) is 8.17 Å². The molecule has 1 aromatic heterocycles. The molecule has 1 heterocycles. The summed E-state index contributed by atoms with van der Waals surface area (Å²) in [5.74, 6) is 3.13. The number of para-hydroxylation sites is 3. The highest BCUT2D eigenvalue weighted by atomic mass is 15.1. The van der Waals surface area contributed by atoms with Gasteiger partial charge < -0.3 is 9.47 Å². The zero-order valence-electron chi connectivity index (χ0n) is 35.2. The molecule has 9 aromatic carbocycles. The number of hydrogen-bond donors (Lipinski definition) is 0. The van der Waals surface area contributed by atoms with Crippen molar-refractivity contribution in [1.82, 2.24) is 4.57 Å². The van der Waals surface area contributed by atoms with Gasteiger partial charge in [-0.3, -0.25) is 0 Å². The Hall–Kier alpha value is -7.16. The van der Waals surface area contributed by atoms with Crippen LogP contribution in [0.25, 0.3) is 71.6 Å². The first-order valence-corrected chi connectivity index (χ1v) is 23.0. The monoisotopic (exact) mass is 806 g/mol. The number of anilines is 3. The molecule has 5 aliphatic rings. The molecule has 63 heavy (non-hydrogen) atoms. The van der Waals surface area contributed by atoms with Gasteiger partial charge in [-0.15, -0.1) is 0 Å². The summed E-state index contributed by atoms with van der Waals surface area (Å²) in [5.41, 5.74) is 18.5. The van der Waals surface area contributed by atoms with Gasteiger partial charge in [-0.25, -0.2) is 0 Å².